The van der Waals surface area contributed by atoms with Crippen LogP contribution in [0.4, 0.5) is 23.9 Å². The molecular formula is C28H26F3N5O2. The van der Waals surface area contributed by atoms with Gasteiger partial charge in [-0.1, -0.05) is 30.3 Å². The van der Waals surface area contributed by atoms with Gasteiger partial charge >= 0.3 is 6.09 Å². The Kier molecular flexibility index (Phi) is 7.39. The normalized spacial score (nSPS) is 15.2. The first-order valence-corrected chi connectivity index (χ1v) is 12.4. The van der Waals surface area contributed by atoms with Crippen molar-refractivity contribution in [1.29, 1.82) is 0 Å². The van der Waals surface area contributed by atoms with Gasteiger partial charge in [0.1, 0.15) is 12.4 Å². The number of hydrogen-bond donors (Lipinski definition) is 1. The number of imidazole rings is 1. The Morgan fingerprint density at radius 1 is 1.03 bits per heavy atom. The van der Waals surface area contributed by atoms with Crippen LogP contribution in [0.5, 0.6) is 0 Å². The molecule has 0 atom stereocenters. The van der Waals surface area contributed by atoms with E-state index in [4.69, 9.17) is 4.74 Å². The number of alkyl halides is 2. The van der Waals surface area contributed by atoms with Crippen molar-refractivity contribution in [3.8, 4) is 22.6 Å². The first kappa shape index (κ1) is 25.4. The van der Waals surface area contributed by atoms with Crippen LogP contribution in [0.1, 0.15) is 31.2 Å². The molecule has 196 valence electrons. The lowest BCUT2D eigenvalue weighted by atomic mass is 9.86. The SMILES string of the molecule is O=C(Nc1nccc(-c2c(-c3ccc(F)cc3)ncn2CC2CCC(F)(F)CC2)n1)OCc1ccccc1. The molecule has 7 nitrogen and oxygen atoms in total. The molecule has 5 rings (SSSR count). The number of carbonyl (C=O) groups excluding carboxylic acids is 1. The Labute approximate surface area is 217 Å². The molecule has 10 heteroatoms. The van der Waals surface area contributed by atoms with Crippen molar-refractivity contribution in [2.75, 3.05) is 5.32 Å². The number of benzene rings is 2. The molecule has 4 aromatic rings. The lowest BCUT2D eigenvalue weighted by Crippen LogP contribution is -2.26. The van der Waals surface area contributed by atoms with E-state index in [1.54, 1.807) is 24.5 Å². The Bertz CT molecular complexity index is 1380. The van der Waals surface area contributed by atoms with Gasteiger partial charge in [-0.3, -0.25) is 5.32 Å². The summed E-state index contributed by atoms with van der Waals surface area (Å²) in [6, 6.07) is 16.9. The van der Waals surface area contributed by atoms with Crippen molar-refractivity contribution in [3.05, 3.63) is 84.6 Å². The van der Waals surface area contributed by atoms with Gasteiger partial charge in [0.05, 0.1) is 23.4 Å². The van der Waals surface area contributed by atoms with E-state index in [1.165, 1.54) is 18.3 Å². The molecule has 0 unspecified atom stereocenters. The van der Waals surface area contributed by atoms with Crippen LogP contribution in [0, 0.1) is 11.7 Å². The Balaban J connectivity index is 1.40. The molecule has 2 heterocycles. The zero-order chi connectivity index (χ0) is 26.5. The number of nitrogens with zero attached hydrogens (tertiary/aromatic N) is 4. The molecule has 2 aromatic heterocycles. The van der Waals surface area contributed by atoms with Gasteiger partial charge in [0, 0.05) is 31.1 Å². The molecule has 1 saturated carbocycles. The molecule has 0 radical (unpaired) electrons. The van der Waals surface area contributed by atoms with Crippen molar-refractivity contribution in [1.82, 2.24) is 19.5 Å². The first-order chi connectivity index (χ1) is 18.4. The lowest BCUT2D eigenvalue weighted by molar-refractivity contribution is -0.0472. The largest absolute Gasteiger partial charge is 0.444 e. The Morgan fingerprint density at radius 2 is 1.76 bits per heavy atom. The number of carbonyl (C=O) groups is 1. The number of halogens is 3. The van der Waals surface area contributed by atoms with Crippen LogP contribution >= 0.6 is 0 Å². The van der Waals surface area contributed by atoms with Crippen LogP contribution in [0.25, 0.3) is 22.6 Å². The van der Waals surface area contributed by atoms with E-state index in [2.05, 4.69) is 20.3 Å². The fourth-order valence-corrected chi connectivity index (χ4v) is 4.57. The fraction of sp³-hybridized carbons (Fsp3) is 0.286. The quantitative estimate of drug-likeness (QED) is 0.292. The summed E-state index contributed by atoms with van der Waals surface area (Å²) in [5.41, 5.74) is 3.16. The average Bonchev–Trinajstić information content (AvgIpc) is 3.33. The van der Waals surface area contributed by atoms with Crippen LogP contribution in [0.15, 0.2) is 73.2 Å². The molecule has 2 aromatic carbocycles. The highest BCUT2D eigenvalue weighted by molar-refractivity contribution is 5.83. The van der Waals surface area contributed by atoms with E-state index in [0.29, 0.717) is 42.0 Å². The van der Waals surface area contributed by atoms with E-state index in [-0.39, 0.29) is 37.1 Å². The van der Waals surface area contributed by atoms with Crippen LogP contribution in [-0.4, -0.2) is 31.5 Å². The minimum absolute atomic E-state index is 0.0377. The third kappa shape index (κ3) is 6.19. The first-order valence-electron chi connectivity index (χ1n) is 12.4. The molecule has 1 N–H and O–H groups in total. The number of aromatic nitrogens is 4. The van der Waals surface area contributed by atoms with E-state index in [1.807, 2.05) is 34.9 Å². The van der Waals surface area contributed by atoms with E-state index in [9.17, 15) is 18.0 Å². The van der Waals surface area contributed by atoms with Gasteiger partial charge in [-0.2, -0.15) is 0 Å². The summed E-state index contributed by atoms with van der Waals surface area (Å²) in [5.74, 6) is -2.90. The smallest absolute Gasteiger partial charge is 0.414 e. The second-order valence-electron chi connectivity index (χ2n) is 9.35. The number of hydrogen-bond acceptors (Lipinski definition) is 5. The molecule has 1 aliphatic rings. The minimum Gasteiger partial charge on any atom is -0.444 e. The van der Waals surface area contributed by atoms with Crippen LogP contribution in [0.2, 0.25) is 0 Å². The lowest BCUT2D eigenvalue weighted by Gasteiger charge is -2.28. The highest BCUT2D eigenvalue weighted by Gasteiger charge is 2.35. The predicted octanol–water partition coefficient (Wildman–Crippen LogP) is 6.72. The summed E-state index contributed by atoms with van der Waals surface area (Å²) in [4.78, 5) is 25.6. The van der Waals surface area contributed by atoms with Crippen LogP contribution in [0.3, 0.4) is 0 Å². The summed E-state index contributed by atoms with van der Waals surface area (Å²) in [6.07, 6.45) is 2.96. The molecule has 0 saturated heterocycles. The van der Waals surface area contributed by atoms with Crippen LogP contribution < -0.4 is 5.32 Å². The zero-order valence-electron chi connectivity index (χ0n) is 20.5. The molecule has 0 aliphatic heterocycles. The highest BCUT2D eigenvalue weighted by atomic mass is 19.3. The number of anilines is 1. The fourth-order valence-electron chi connectivity index (χ4n) is 4.57. The molecular weight excluding hydrogens is 495 g/mol. The standard InChI is InChI=1S/C28H26F3N5O2/c29-22-8-6-21(7-9-22)24-25(36(18-33-24)16-19-10-13-28(30,31)14-11-19)23-12-15-32-26(34-23)35-27(37)38-17-20-4-2-1-3-5-20/h1-9,12,15,18-19H,10-11,13-14,16-17H2,(H,32,34,35,37). The molecule has 1 fully saturated rings. The van der Waals surface area contributed by atoms with Gasteiger partial charge in [-0.25, -0.2) is 32.9 Å². The Morgan fingerprint density at radius 3 is 2.50 bits per heavy atom. The van der Waals surface area contributed by atoms with Crippen molar-refractivity contribution in [2.45, 2.75) is 44.8 Å². The molecule has 1 aliphatic carbocycles. The Hall–Kier alpha value is -4.21. The minimum atomic E-state index is -2.62. The number of amides is 1. The summed E-state index contributed by atoms with van der Waals surface area (Å²) in [6.45, 7) is 0.569. The third-order valence-corrected chi connectivity index (χ3v) is 6.57. The maximum absolute atomic E-state index is 13.7. The number of rotatable bonds is 7. The predicted molar refractivity (Wildman–Crippen MR) is 136 cm³/mol. The van der Waals surface area contributed by atoms with Crippen molar-refractivity contribution < 1.29 is 22.7 Å². The maximum Gasteiger partial charge on any atom is 0.414 e. The van der Waals surface area contributed by atoms with Crippen molar-refractivity contribution in [2.24, 2.45) is 5.92 Å². The topological polar surface area (TPSA) is 81.9 Å². The van der Waals surface area contributed by atoms with E-state index in [0.717, 1.165) is 5.56 Å². The zero-order valence-corrected chi connectivity index (χ0v) is 20.5. The average molecular weight is 522 g/mol. The maximum atomic E-state index is 13.7. The number of ether oxygens (including phenoxy) is 1. The third-order valence-electron chi connectivity index (χ3n) is 6.57. The molecule has 0 bridgehead atoms. The van der Waals surface area contributed by atoms with Gasteiger partial charge < -0.3 is 9.30 Å². The van der Waals surface area contributed by atoms with Crippen molar-refractivity contribution in [3.63, 3.8) is 0 Å². The summed E-state index contributed by atoms with van der Waals surface area (Å²) >= 11 is 0. The van der Waals surface area contributed by atoms with E-state index >= 15 is 0 Å². The van der Waals surface area contributed by atoms with Crippen molar-refractivity contribution >= 4 is 12.0 Å². The second-order valence-corrected chi connectivity index (χ2v) is 9.35. The molecule has 1 amide bonds. The highest BCUT2D eigenvalue weighted by Crippen LogP contribution is 2.38. The summed E-state index contributed by atoms with van der Waals surface area (Å²) < 4.78 is 48.1. The molecule has 38 heavy (non-hydrogen) atoms. The molecule has 0 spiro atoms. The second kappa shape index (κ2) is 11.0. The van der Waals surface area contributed by atoms with E-state index < -0.39 is 12.0 Å². The van der Waals surface area contributed by atoms with Gasteiger partial charge in [0.15, 0.2) is 0 Å². The number of nitrogens with one attached hydrogen (secondary N) is 1. The summed E-state index contributed by atoms with van der Waals surface area (Å²) in [5, 5.41) is 2.55. The van der Waals surface area contributed by atoms with Gasteiger partial charge in [-0.05, 0) is 54.7 Å². The summed E-state index contributed by atoms with van der Waals surface area (Å²) in [7, 11) is 0. The van der Waals surface area contributed by atoms with Gasteiger partial charge in [0.2, 0.25) is 11.9 Å². The van der Waals surface area contributed by atoms with Gasteiger partial charge in [0.25, 0.3) is 0 Å². The monoisotopic (exact) mass is 521 g/mol. The van der Waals surface area contributed by atoms with Gasteiger partial charge in [-0.15, -0.1) is 0 Å². The van der Waals surface area contributed by atoms with Crippen LogP contribution in [-0.2, 0) is 17.9 Å².